The molecule has 2 N–H and O–H groups in total. The molecular formula is C9H14N2O3S. The molecule has 2 fully saturated rings. The lowest BCUT2D eigenvalue weighted by molar-refractivity contribution is -0.151. The largest absolute Gasteiger partial charge is 0.480 e. The Morgan fingerprint density at radius 3 is 2.93 bits per heavy atom. The van der Waals surface area contributed by atoms with Crippen molar-refractivity contribution in [3.63, 3.8) is 0 Å². The zero-order chi connectivity index (χ0) is 11.0. The minimum absolute atomic E-state index is 0.0637. The van der Waals surface area contributed by atoms with E-state index in [0.29, 0.717) is 5.75 Å². The minimum Gasteiger partial charge on any atom is -0.480 e. The Morgan fingerprint density at radius 1 is 1.60 bits per heavy atom. The predicted molar refractivity (Wildman–Crippen MR) is 56.6 cm³/mol. The number of carboxylic acid groups (broad SMARTS) is 1. The van der Waals surface area contributed by atoms with Crippen molar-refractivity contribution in [3.05, 3.63) is 0 Å². The summed E-state index contributed by atoms with van der Waals surface area (Å²) in [6.07, 6.45) is 1.68. The first-order valence-corrected chi connectivity index (χ1v) is 6.04. The molecular weight excluding hydrogens is 216 g/mol. The summed E-state index contributed by atoms with van der Waals surface area (Å²) < 4.78 is 0. The van der Waals surface area contributed by atoms with Gasteiger partial charge in [0.1, 0.15) is 6.04 Å². The number of carboxylic acids is 1. The summed E-state index contributed by atoms with van der Waals surface area (Å²) in [5.74, 6) is -0.441. The fraction of sp³-hybridized carbons (Fsp3) is 0.778. The number of carbonyl (C=O) groups excluding carboxylic acids is 1. The van der Waals surface area contributed by atoms with Gasteiger partial charge in [-0.05, 0) is 19.9 Å². The number of hydrogen-bond acceptors (Lipinski definition) is 4. The fourth-order valence-electron chi connectivity index (χ4n) is 2.15. The molecule has 15 heavy (non-hydrogen) atoms. The number of piperidine rings is 1. The van der Waals surface area contributed by atoms with E-state index in [1.54, 1.807) is 18.8 Å². The van der Waals surface area contributed by atoms with Crippen LogP contribution >= 0.6 is 11.8 Å². The molecule has 5 nitrogen and oxygen atoms in total. The molecule has 0 saturated carbocycles. The van der Waals surface area contributed by atoms with Crippen molar-refractivity contribution in [2.24, 2.45) is 0 Å². The molecule has 0 aromatic heterocycles. The zero-order valence-corrected chi connectivity index (χ0v) is 9.29. The van der Waals surface area contributed by atoms with Crippen molar-refractivity contribution in [1.29, 1.82) is 0 Å². The quantitative estimate of drug-likeness (QED) is 0.683. The third-order valence-electron chi connectivity index (χ3n) is 2.98. The molecule has 2 aliphatic rings. The highest BCUT2D eigenvalue weighted by Crippen LogP contribution is 2.36. The number of hydrogen-bond donors (Lipinski definition) is 2. The van der Waals surface area contributed by atoms with Gasteiger partial charge < -0.3 is 15.3 Å². The summed E-state index contributed by atoms with van der Waals surface area (Å²) in [5, 5.41) is 12.0. The second-order valence-electron chi connectivity index (χ2n) is 3.81. The lowest BCUT2D eigenvalue weighted by Crippen LogP contribution is -2.56. The molecule has 2 aliphatic heterocycles. The lowest BCUT2D eigenvalue weighted by atomic mass is 10.0. The van der Waals surface area contributed by atoms with Crippen LogP contribution in [-0.4, -0.2) is 52.1 Å². The Labute approximate surface area is 92.2 Å². The molecule has 2 saturated heterocycles. The predicted octanol–water partition coefficient (Wildman–Crippen LogP) is -0.277. The number of likely N-dealkylation sites (N-methyl/N-ethyl adjacent to an activating group) is 1. The second kappa shape index (κ2) is 4.02. The van der Waals surface area contributed by atoms with Gasteiger partial charge in [-0.15, -0.1) is 11.8 Å². The molecule has 0 unspecified atom stereocenters. The molecule has 0 aromatic rings. The van der Waals surface area contributed by atoms with Gasteiger partial charge in [0, 0.05) is 5.75 Å². The van der Waals surface area contributed by atoms with E-state index in [0.717, 1.165) is 12.8 Å². The molecule has 1 amide bonds. The number of amides is 1. The van der Waals surface area contributed by atoms with Crippen molar-refractivity contribution in [2.45, 2.75) is 30.3 Å². The standard InChI is InChI=1S/C9H14N2O3S/c1-10-5-2-3-7-11(8(5)12)6(4-15-7)9(13)14/h5-7,10H,2-4H2,1H3,(H,13,14)/t5-,6-,7-/m0/s1. The van der Waals surface area contributed by atoms with Crippen LogP contribution in [0.5, 0.6) is 0 Å². The topological polar surface area (TPSA) is 69.6 Å². The number of fused-ring (bicyclic) bond motifs is 1. The van der Waals surface area contributed by atoms with Gasteiger partial charge in [0.05, 0.1) is 11.4 Å². The molecule has 0 aromatic carbocycles. The average Bonchev–Trinajstić information content (AvgIpc) is 2.63. The molecule has 0 aliphatic carbocycles. The average molecular weight is 230 g/mol. The Hall–Kier alpha value is -0.750. The molecule has 0 radical (unpaired) electrons. The number of thioether (sulfide) groups is 1. The second-order valence-corrected chi connectivity index (χ2v) is 5.02. The molecule has 0 bridgehead atoms. The number of nitrogens with one attached hydrogen (secondary N) is 1. The third-order valence-corrected chi connectivity index (χ3v) is 4.34. The van der Waals surface area contributed by atoms with Gasteiger partial charge >= 0.3 is 5.97 Å². The van der Waals surface area contributed by atoms with Crippen LogP contribution in [-0.2, 0) is 9.59 Å². The van der Waals surface area contributed by atoms with E-state index < -0.39 is 12.0 Å². The Balaban J connectivity index is 2.18. The highest BCUT2D eigenvalue weighted by molar-refractivity contribution is 8.00. The first kappa shape index (κ1) is 10.8. The van der Waals surface area contributed by atoms with Crippen molar-refractivity contribution < 1.29 is 14.7 Å². The van der Waals surface area contributed by atoms with Gasteiger partial charge in [-0.1, -0.05) is 0 Å². The highest BCUT2D eigenvalue weighted by Gasteiger charge is 2.46. The van der Waals surface area contributed by atoms with Crippen LogP contribution in [0, 0.1) is 0 Å². The Morgan fingerprint density at radius 2 is 2.33 bits per heavy atom. The third kappa shape index (κ3) is 1.72. The van der Waals surface area contributed by atoms with Gasteiger partial charge in [-0.25, -0.2) is 4.79 Å². The minimum atomic E-state index is -0.893. The Kier molecular flexibility index (Phi) is 2.88. The maximum Gasteiger partial charge on any atom is 0.327 e. The van der Waals surface area contributed by atoms with Gasteiger partial charge in [0.15, 0.2) is 0 Å². The maximum atomic E-state index is 11.9. The molecule has 0 spiro atoms. The van der Waals surface area contributed by atoms with Crippen LogP contribution in [0.3, 0.4) is 0 Å². The van der Waals surface area contributed by atoms with E-state index in [4.69, 9.17) is 5.11 Å². The summed E-state index contributed by atoms with van der Waals surface area (Å²) in [6.45, 7) is 0. The van der Waals surface area contributed by atoms with Crippen molar-refractivity contribution in [2.75, 3.05) is 12.8 Å². The van der Waals surface area contributed by atoms with Gasteiger partial charge in [0.25, 0.3) is 0 Å². The summed E-state index contributed by atoms with van der Waals surface area (Å²) in [6, 6.07) is -0.842. The first-order valence-electron chi connectivity index (χ1n) is 4.99. The Bertz CT molecular complexity index is 297. The molecule has 2 rings (SSSR count). The monoisotopic (exact) mass is 230 g/mol. The van der Waals surface area contributed by atoms with Crippen LogP contribution in [0.1, 0.15) is 12.8 Å². The van der Waals surface area contributed by atoms with Gasteiger partial charge in [0.2, 0.25) is 5.91 Å². The first-order chi connectivity index (χ1) is 7.15. The lowest BCUT2D eigenvalue weighted by Gasteiger charge is -2.35. The van der Waals surface area contributed by atoms with Crippen LogP contribution in [0.2, 0.25) is 0 Å². The number of carbonyl (C=O) groups is 2. The summed E-state index contributed by atoms with van der Waals surface area (Å²) >= 11 is 1.58. The number of aliphatic carboxylic acids is 1. The van der Waals surface area contributed by atoms with Crippen LogP contribution in [0.15, 0.2) is 0 Å². The van der Waals surface area contributed by atoms with Gasteiger partial charge in [-0.3, -0.25) is 4.79 Å². The molecule has 84 valence electrons. The van der Waals surface area contributed by atoms with E-state index in [1.165, 1.54) is 4.90 Å². The van der Waals surface area contributed by atoms with Crippen molar-refractivity contribution in [3.8, 4) is 0 Å². The highest BCUT2D eigenvalue weighted by atomic mass is 32.2. The fourth-order valence-corrected chi connectivity index (χ4v) is 3.57. The molecule has 2 heterocycles. The van der Waals surface area contributed by atoms with Crippen LogP contribution in [0.25, 0.3) is 0 Å². The van der Waals surface area contributed by atoms with Crippen LogP contribution in [0.4, 0.5) is 0 Å². The van der Waals surface area contributed by atoms with E-state index in [1.807, 2.05) is 0 Å². The van der Waals surface area contributed by atoms with E-state index in [9.17, 15) is 9.59 Å². The SMILES string of the molecule is CN[C@H]1CC[C@@H]2SC[C@@H](C(=O)O)N2C1=O. The van der Waals surface area contributed by atoms with Crippen LogP contribution < -0.4 is 5.32 Å². The normalized spacial score (nSPS) is 35.4. The molecule has 6 heteroatoms. The summed E-state index contributed by atoms with van der Waals surface area (Å²) in [5.41, 5.74) is 0. The maximum absolute atomic E-state index is 11.9. The number of rotatable bonds is 2. The van der Waals surface area contributed by atoms with E-state index in [-0.39, 0.29) is 17.3 Å². The van der Waals surface area contributed by atoms with E-state index >= 15 is 0 Å². The molecule has 3 atom stereocenters. The smallest absolute Gasteiger partial charge is 0.327 e. The zero-order valence-electron chi connectivity index (χ0n) is 8.47. The van der Waals surface area contributed by atoms with Crippen molar-refractivity contribution >= 4 is 23.6 Å². The van der Waals surface area contributed by atoms with Crippen molar-refractivity contribution in [1.82, 2.24) is 10.2 Å². The summed E-state index contributed by atoms with van der Waals surface area (Å²) in [4.78, 5) is 24.4. The number of nitrogens with zero attached hydrogens (tertiary/aromatic N) is 1. The summed E-state index contributed by atoms with van der Waals surface area (Å²) in [7, 11) is 1.74. The van der Waals surface area contributed by atoms with Gasteiger partial charge in [-0.2, -0.15) is 0 Å². The van der Waals surface area contributed by atoms with E-state index in [2.05, 4.69) is 5.32 Å².